The van der Waals surface area contributed by atoms with Crippen molar-refractivity contribution in [2.75, 3.05) is 12.4 Å². The lowest BCUT2D eigenvalue weighted by Crippen LogP contribution is -2.19. The van der Waals surface area contributed by atoms with Crippen LogP contribution in [-0.2, 0) is 11.2 Å². The number of ether oxygens (including phenoxy) is 1. The minimum absolute atomic E-state index is 0.0404. The average Bonchev–Trinajstić information content (AvgIpc) is 2.18. The Balaban J connectivity index is 2.54. The molecule has 1 aliphatic heterocycles. The number of phenols is 1. The molecule has 0 fully saturated rings. The van der Waals surface area contributed by atoms with Crippen molar-refractivity contribution in [1.29, 1.82) is 0 Å². The number of phenolic OH excluding ortho intramolecular Hbond substituents is 1. The lowest BCUT2D eigenvalue weighted by molar-refractivity contribution is -0.116. The van der Waals surface area contributed by atoms with Gasteiger partial charge in [-0.25, -0.2) is 0 Å². The Labute approximate surface area is 81.5 Å². The van der Waals surface area contributed by atoms with Gasteiger partial charge in [0, 0.05) is 12.0 Å². The Morgan fingerprint density at radius 3 is 2.93 bits per heavy atom. The highest BCUT2D eigenvalue weighted by molar-refractivity contribution is 5.96. The van der Waals surface area contributed by atoms with E-state index in [4.69, 9.17) is 4.74 Å². The molecule has 0 atom stereocenters. The summed E-state index contributed by atoms with van der Waals surface area (Å²) in [4.78, 5) is 11.2. The molecule has 1 aromatic carbocycles. The van der Waals surface area contributed by atoms with Gasteiger partial charge in [-0.15, -0.1) is 0 Å². The summed E-state index contributed by atoms with van der Waals surface area (Å²) < 4.78 is 5.09. The summed E-state index contributed by atoms with van der Waals surface area (Å²) in [5.74, 6) is 0.757. The molecular formula is C10H11NO3. The van der Waals surface area contributed by atoms with Crippen molar-refractivity contribution in [3.8, 4) is 11.5 Å². The van der Waals surface area contributed by atoms with E-state index in [1.54, 1.807) is 12.1 Å². The van der Waals surface area contributed by atoms with Gasteiger partial charge in [-0.1, -0.05) is 0 Å². The van der Waals surface area contributed by atoms with E-state index in [1.165, 1.54) is 7.11 Å². The topological polar surface area (TPSA) is 58.6 Å². The van der Waals surface area contributed by atoms with E-state index in [1.807, 2.05) is 0 Å². The molecule has 0 saturated heterocycles. The van der Waals surface area contributed by atoms with E-state index >= 15 is 0 Å². The molecule has 1 amide bonds. The molecular weight excluding hydrogens is 182 g/mol. The summed E-state index contributed by atoms with van der Waals surface area (Å²) in [6, 6.07) is 3.22. The maximum absolute atomic E-state index is 11.2. The SMILES string of the molecule is COc1ccc(O)c2c1NC(=O)CC2. The third kappa shape index (κ3) is 1.28. The van der Waals surface area contributed by atoms with Crippen LogP contribution in [0.2, 0.25) is 0 Å². The van der Waals surface area contributed by atoms with Gasteiger partial charge in [0.1, 0.15) is 11.5 Å². The number of benzene rings is 1. The number of hydrogen-bond acceptors (Lipinski definition) is 3. The van der Waals surface area contributed by atoms with Gasteiger partial charge in [0.25, 0.3) is 0 Å². The molecule has 0 saturated carbocycles. The average molecular weight is 193 g/mol. The highest BCUT2D eigenvalue weighted by Gasteiger charge is 2.21. The Kier molecular flexibility index (Phi) is 2.04. The molecule has 0 spiro atoms. The zero-order chi connectivity index (χ0) is 10.1. The first-order valence-corrected chi connectivity index (χ1v) is 4.41. The van der Waals surface area contributed by atoms with E-state index < -0.39 is 0 Å². The second kappa shape index (κ2) is 3.21. The predicted octanol–water partition coefficient (Wildman–Crippen LogP) is 1.29. The van der Waals surface area contributed by atoms with Gasteiger partial charge in [0.05, 0.1) is 12.8 Å². The fourth-order valence-corrected chi connectivity index (χ4v) is 1.62. The first-order chi connectivity index (χ1) is 6.72. The number of fused-ring (bicyclic) bond motifs is 1. The standard InChI is InChI=1S/C10H11NO3/c1-14-8-4-3-7(12)6-2-5-9(13)11-10(6)8/h3-4,12H,2,5H2,1H3,(H,11,13). The summed E-state index contributed by atoms with van der Waals surface area (Å²) in [6.45, 7) is 0. The number of nitrogens with one attached hydrogen (secondary N) is 1. The van der Waals surface area contributed by atoms with Gasteiger partial charge in [0.2, 0.25) is 5.91 Å². The molecule has 1 heterocycles. The smallest absolute Gasteiger partial charge is 0.224 e. The zero-order valence-corrected chi connectivity index (χ0v) is 7.83. The number of methoxy groups -OCH3 is 1. The minimum Gasteiger partial charge on any atom is -0.508 e. The Hall–Kier alpha value is -1.71. The molecule has 14 heavy (non-hydrogen) atoms. The Morgan fingerprint density at radius 1 is 1.43 bits per heavy atom. The third-order valence-corrected chi connectivity index (χ3v) is 2.34. The molecule has 0 aliphatic carbocycles. The molecule has 2 N–H and O–H groups in total. The van der Waals surface area contributed by atoms with E-state index in [0.717, 1.165) is 5.56 Å². The van der Waals surface area contributed by atoms with Crippen LogP contribution >= 0.6 is 0 Å². The summed E-state index contributed by atoms with van der Waals surface area (Å²) in [5.41, 5.74) is 1.35. The third-order valence-electron chi connectivity index (χ3n) is 2.34. The van der Waals surface area contributed by atoms with Crippen LogP contribution in [0.5, 0.6) is 11.5 Å². The van der Waals surface area contributed by atoms with E-state index in [0.29, 0.717) is 24.3 Å². The number of rotatable bonds is 1. The minimum atomic E-state index is -0.0404. The molecule has 0 aromatic heterocycles. The second-order valence-electron chi connectivity index (χ2n) is 3.19. The monoisotopic (exact) mass is 193 g/mol. The van der Waals surface area contributed by atoms with Crippen LogP contribution in [0.1, 0.15) is 12.0 Å². The van der Waals surface area contributed by atoms with Gasteiger partial charge >= 0.3 is 0 Å². The number of hydrogen-bond donors (Lipinski definition) is 2. The van der Waals surface area contributed by atoms with Crippen LogP contribution in [0.4, 0.5) is 5.69 Å². The van der Waals surface area contributed by atoms with Crippen molar-refractivity contribution in [3.63, 3.8) is 0 Å². The highest BCUT2D eigenvalue weighted by atomic mass is 16.5. The largest absolute Gasteiger partial charge is 0.508 e. The molecule has 0 unspecified atom stereocenters. The Bertz CT molecular complexity index is 387. The van der Waals surface area contributed by atoms with Crippen LogP contribution in [0.15, 0.2) is 12.1 Å². The molecule has 0 bridgehead atoms. The molecule has 0 radical (unpaired) electrons. The number of carbonyl (C=O) groups is 1. The fourth-order valence-electron chi connectivity index (χ4n) is 1.62. The van der Waals surface area contributed by atoms with Gasteiger partial charge in [-0.2, -0.15) is 0 Å². The Morgan fingerprint density at radius 2 is 2.21 bits per heavy atom. The van der Waals surface area contributed by atoms with Gasteiger partial charge < -0.3 is 15.2 Å². The maximum Gasteiger partial charge on any atom is 0.224 e. The molecule has 1 aliphatic rings. The summed E-state index contributed by atoms with van der Waals surface area (Å²) in [5, 5.41) is 12.3. The van der Waals surface area contributed by atoms with Crippen molar-refractivity contribution in [3.05, 3.63) is 17.7 Å². The van der Waals surface area contributed by atoms with E-state index in [2.05, 4.69) is 5.32 Å². The highest BCUT2D eigenvalue weighted by Crippen LogP contribution is 2.37. The van der Waals surface area contributed by atoms with Crippen molar-refractivity contribution in [2.24, 2.45) is 0 Å². The molecule has 4 nitrogen and oxygen atoms in total. The normalized spacial score (nSPS) is 14.5. The first-order valence-electron chi connectivity index (χ1n) is 4.41. The van der Waals surface area contributed by atoms with Crippen molar-refractivity contribution >= 4 is 11.6 Å². The second-order valence-corrected chi connectivity index (χ2v) is 3.19. The van der Waals surface area contributed by atoms with E-state index in [9.17, 15) is 9.90 Å². The number of anilines is 1. The van der Waals surface area contributed by atoms with Gasteiger partial charge in [-0.3, -0.25) is 4.79 Å². The predicted molar refractivity (Wildman–Crippen MR) is 51.6 cm³/mol. The maximum atomic E-state index is 11.2. The summed E-state index contributed by atoms with van der Waals surface area (Å²) in [7, 11) is 1.54. The summed E-state index contributed by atoms with van der Waals surface area (Å²) in [6.07, 6.45) is 0.970. The number of aromatic hydroxyl groups is 1. The van der Waals surface area contributed by atoms with Crippen LogP contribution in [0, 0.1) is 0 Å². The molecule has 74 valence electrons. The zero-order valence-electron chi connectivity index (χ0n) is 7.83. The molecule has 1 aromatic rings. The van der Waals surface area contributed by atoms with Crippen LogP contribution in [0.3, 0.4) is 0 Å². The molecule has 4 heteroatoms. The van der Waals surface area contributed by atoms with Crippen LogP contribution < -0.4 is 10.1 Å². The lowest BCUT2D eigenvalue weighted by atomic mass is 10.0. The van der Waals surface area contributed by atoms with E-state index in [-0.39, 0.29) is 11.7 Å². The summed E-state index contributed by atoms with van der Waals surface area (Å²) >= 11 is 0. The van der Waals surface area contributed by atoms with Crippen molar-refractivity contribution in [1.82, 2.24) is 0 Å². The van der Waals surface area contributed by atoms with Crippen molar-refractivity contribution < 1.29 is 14.6 Å². The lowest BCUT2D eigenvalue weighted by Gasteiger charge is -2.20. The van der Waals surface area contributed by atoms with Gasteiger partial charge in [-0.05, 0) is 18.6 Å². The molecule has 2 rings (SSSR count). The quantitative estimate of drug-likeness (QED) is 0.706. The fraction of sp³-hybridized carbons (Fsp3) is 0.300. The van der Waals surface area contributed by atoms with Crippen molar-refractivity contribution in [2.45, 2.75) is 12.8 Å². The first kappa shape index (κ1) is 8.87. The van der Waals surface area contributed by atoms with Crippen LogP contribution in [0.25, 0.3) is 0 Å². The number of carbonyl (C=O) groups excluding carboxylic acids is 1. The van der Waals surface area contributed by atoms with Gasteiger partial charge in [0.15, 0.2) is 0 Å². The van der Waals surface area contributed by atoms with Crippen LogP contribution in [-0.4, -0.2) is 18.1 Å². The number of amides is 1.